The molecular formula is C2H7BO4. The van der Waals surface area contributed by atoms with Crippen molar-refractivity contribution in [1.82, 2.24) is 0 Å². The number of hydrogen-bond acceptors (Lipinski definition) is 3. The molecule has 0 fully saturated rings. The summed E-state index contributed by atoms with van der Waals surface area (Å²) < 4.78 is 0. The van der Waals surface area contributed by atoms with Gasteiger partial charge in [0, 0.05) is 0 Å². The van der Waals surface area contributed by atoms with E-state index >= 15 is 0 Å². The molecule has 0 aliphatic rings. The van der Waals surface area contributed by atoms with Crippen molar-refractivity contribution in [2.75, 3.05) is 0 Å². The molecule has 0 heterocycles. The molecule has 0 aromatic rings. The quantitative estimate of drug-likeness (QED) is 0.267. The zero-order valence-corrected chi connectivity index (χ0v) is 3.90. The molecule has 0 amide bonds. The maximum Gasteiger partial charge on any atom is 0.448 e. The van der Waals surface area contributed by atoms with Gasteiger partial charge in [0.15, 0.2) is 0 Å². The normalized spacial score (nSPS) is 5.57. The SMILES string of the molecule is CB(O)O.O=CO. The highest BCUT2D eigenvalue weighted by Crippen LogP contribution is 1.51. The van der Waals surface area contributed by atoms with Crippen LogP contribution in [0.5, 0.6) is 0 Å². The van der Waals surface area contributed by atoms with Crippen molar-refractivity contribution in [2.24, 2.45) is 0 Å². The molecule has 0 aromatic heterocycles. The van der Waals surface area contributed by atoms with E-state index in [-0.39, 0.29) is 6.47 Å². The van der Waals surface area contributed by atoms with Crippen molar-refractivity contribution in [2.45, 2.75) is 6.82 Å². The third-order valence-electron chi connectivity index (χ3n) is 0. The van der Waals surface area contributed by atoms with Crippen LogP contribution in [-0.2, 0) is 4.79 Å². The molecule has 0 unspecified atom stereocenters. The molecule has 0 aliphatic carbocycles. The Labute approximate surface area is 41.5 Å². The monoisotopic (exact) mass is 106 g/mol. The third kappa shape index (κ3) is 219. The van der Waals surface area contributed by atoms with Gasteiger partial charge in [-0.15, -0.1) is 0 Å². The fourth-order valence-corrected chi connectivity index (χ4v) is 0. The van der Waals surface area contributed by atoms with Gasteiger partial charge in [-0.25, -0.2) is 0 Å². The van der Waals surface area contributed by atoms with E-state index < -0.39 is 7.12 Å². The van der Waals surface area contributed by atoms with Crippen molar-refractivity contribution in [3.8, 4) is 0 Å². The molecule has 0 saturated heterocycles. The third-order valence-corrected chi connectivity index (χ3v) is 0. The molecule has 3 N–H and O–H groups in total. The molecule has 0 saturated carbocycles. The van der Waals surface area contributed by atoms with Crippen LogP contribution in [0.15, 0.2) is 0 Å². The van der Waals surface area contributed by atoms with Gasteiger partial charge in [-0.1, -0.05) is 0 Å². The van der Waals surface area contributed by atoms with Gasteiger partial charge in [0.2, 0.25) is 0 Å². The first-order chi connectivity index (χ1) is 3.15. The highest BCUT2D eigenvalue weighted by Gasteiger charge is 1.86. The lowest BCUT2D eigenvalue weighted by Gasteiger charge is -1.71. The first kappa shape index (κ1) is 9.68. The van der Waals surface area contributed by atoms with E-state index in [9.17, 15) is 0 Å². The van der Waals surface area contributed by atoms with Crippen LogP contribution in [0.2, 0.25) is 6.82 Å². The zero-order valence-electron chi connectivity index (χ0n) is 3.90. The number of hydrogen-bond donors (Lipinski definition) is 3. The van der Waals surface area contributed by atoms with E-state index in [0.717, 1.165) is 0 Å². The first-order valence-electron chi connectivity index (χ1n) is 1.59. The van der Waals surface area contributed by atoms with Gasteiger partial charge >= 0.3 is 7.12 Å². The average molecular weight is 106 g/mol. The van der Waals surface area contributed by atoms with Crippen molar-refractivity contribution < 1.29 is 19.9 Å². The minimum absolute atomic E-state index is 0.250. The van der Waals surface area contributed by atoms with Gasteiger partial charge in [-0.05, 0) is 6.82 Å². The molecule has 0 aliphatic heterocycles. The summed E-state index contributed by atoms with van der Waals surface area (Å²) in [6, 6.07) is 0. The summed E-state index contributed by atoms with van der Waals surface area (Å²) in [6.45, 7) is 1.03. The molecule has 0 rings (SSSR count). The molecule has 0 spiro atoms. The van der Waals surface area contributed by atoms with Crippen LogP contribution in [-0.4, -0.2) is 28.7 Å². The molecule has 0 aromatic carbocycles. The zero-order chi connectivity index (χ0) is 6.28. The topological polar surface area (TPSA) is 77.8 Å². The van der Waals surface area contributed by atoms with Crippen LogP contribution >= 0.6 is 0 Å². The molecule has 4 nitrogen and oxygen atoms in total. The van der Waals surface area contributed by atoms with E-state index in [4.69, 9.17) is 19.9 Å². The molecule has 0 radical (unpaired) electrons. The maximum atomic E-state index is 8.36. The lowest BCUT2D eigenvalue weighted by molar-refractivity contribution is -0.122. The molecule has 7 heavy (non-hydrogen) atoms. The molecule has 0 atom stereocenters. The fraction of sp³-hybridized carbons (Fsp3) is 0.500. The largest absolute Gasteiger partial charge is 0.483 e. The van der Waals surface area contributed by atoms with Crippen LogP contribution in [0.1, 0.15) is 0 Å². The Morgan fingerprint density at radius 1 is 1.57 bits per heavy atom. The van der Waals surface area contributed by atoms with E-state index in [1.54, 1.807) is 0 Å². The Balaban J connectivity index is 0. The summed E-state index contributed by atoms with van der Waals surface area (Å²) in [4.78, 5) is 8.36. The number of carbonyl (C=O) groups is 1. The maximum absolute atomic E-state index is 8.36. The Morgan fingerprint density at radius 3 is 1.57 bits per heavy atom. The van der Waals surface area contributed by atoms with Gasteiger partial charge < -0.3 is 15.2 Å². The van der Waals surface area contributed by atoms with Gasteiger partial charge in [0.05, 0.1) is 0 Å². The van der Waals surface area contributed by atoms with Crippen molar-refractivity contribution >= 4 is 13.6 Å². The van der Waals surface area contributed by atoms with Crippen LogP contribution in [0.25, 0.3) is 0 Å². The molecule has 42 valence electrons. The summed E-state index contributed by atoms with van der Waals surface area (Å²) in [6.07, 6.45) is 0. The van der Waals surface area contributed by atoms with E-state index in [1.165, 1.54) is 6.82 Å². The van der Waals surface area contributed by atoms with Gasteiger partial charge in [-0.2, -0.15) is 0 Å². The van der Waals surface area contributed by atoms with Crippen LogP contribution in [0.3, 0.4) is 0 Å². The van der Waals surface area contributed by atoms with Crippen molar-refractivity contribution in [3.63, 3.8) is 0 Å². The number of carboxylic acid groups (broad SMARTS) is 1. The second kappa shape index (κ2) is 9.07. The fourth-order valence-electron chi connectivity index (χ4n) is 0. The first-order valence-corrected chi connectivity index (χ1v) is 1.59. The molecule has 0 bridgehead atoms. The van der Waals surface area contributed by atoms with Gasteiger partial charge in [0.25, 0.3) is 6.47 Å². The summed E-state index contributed by atoms with van der Waals surface area (Å²) in [5.74, 6) is 0. The summed E-state index contributed by atoms with van der Waals surface area (Å²) in [5, 5.41) is 22.1. The van der Waals surface area contributed by atoms with Crippen molar-refractivity contribution in [1.29, 1.82) is 0 Å². The van der Waals surface area contributed by atoms with Crippen LogP contribution in [0.4, 0.5) is 0 Å². The summed E-state index contributed by atoms with van der Waals surface area (Å²) in [7, 11) is -1.17. The Morgan fingerprint density at radius 2 is 1.57 bits per heavy atom. The second-order valence-electron chi connectivity index (χ2n) is 0.737. The van der Waals surface area contributed by atoms with Gasteiger partial charge in [0.1, 0.15) is 0 Å². The highest BCUT2D eigenvalue weighted by atomic mass is 16.4. The summed E-state index contributed by atoms with van der Waals surface area (Å²) >= 11 is 0. The van der Waals surface area contributed by atoms with Crippen molar-refractivity contribution in [3.05, 3.63) is 0 Å². The number of rotatable bonds is 0. The predicted octanol–water partition coefficient (Wildman–Crippen LogP) is -1.21. The lowest BCUT2D eigenvalue weighted by Crippen LogP contribution is -2.00. The molecular weight excluding hydrogens is 98.8 g/mol. The van der Waals surface area contributed by atoms with E-state index in [1.807, 2.05) is 0 Å². The molecule has 5 heteroatoms. The standard InChI is InChI=1S/CH5BO2.CH2O2/c1-2(3)4;2-1-3/h3-4H,1H3;1H,(H,2,3). The summed E-state index contributed by atoms with van der Waals surface area (Å²) in [5.41, 5.74) is 0. The minimum atomic E-state index is -1.17. The smallest absolute Gasteiger partial charge is 0.448 e. The minimum Gasteiger partial charge on any atom is -0.483 e. The van der Waals surface area contributed by atoms with Crippen LogP contribution < -0.4 is 0 Å². The Hall–Kier alpha value is -0.545. The van der Waals surface area contributed by atoms with E-state index in [2.05, 4.69) is 0 Å². The predicted molar refractivity (Wildman–Crippen MR) is 24.7 cm³/mol. The lowest BCUT2D eigenvalue weighted by atomic mass is 9.99. The Kier molecular flexibility index (Phi) is 12.5. The van der Waals surface area contributed by atoms with Crippen LogP contribution in [0, 0.1) is 0 Å². The van der Waals surface area contributed by atoms with Gasteiger partial charge in [-0.3, -0.25) is 4.79 Å². The second-order valence-corrected chi connectivity index (χ2v) is 0.737. The highest BCUT2D eigenvalue weighted by molar-refractivity contribution is 6.38. The Bertz CT molecular complexity index is 33.9. The van der Waals surface area contributed by atoms with E-state index in [0.29, 0.717) is 0 Å². The average Bonchev–Trinajstić information content (AvgIpc) is 1.33.